The highest BCUT2D eigenvalue weighted by atomic mass is 16.6. The van der Waals surface area contributed by atoms with Crippen molar-refractivity contribution in [3.8, 4) is 0 Å². The van der Waals surface area contributed by atoms with Gasteiger partial charge in [-0.15, -0.1) is 0 Å². The summed E-state index contributed by atoms with van der Waals surface area (Å²) in [5.74, 6) is 0.287. The van der Waals surface area contributed by atoms with Crippen molar-refractivity contribution in [3.63, 3.8) is 0 Å². The maximum absolute atomic E-state index is 13.9. The summed E-state index contributed by atoms with van der Waals surface area (Å²) in [6, 6.07) is 10.9. The lowest BCUT2D eigenvalue weighted by molar-refractivity contribution is 0.0196. The Morgan fingerprint density at radius 1 is 1.15 bits per heavy atom. The molecule has 0 radical (unpaired) electrons. The molecule has 1 saturated heterocycles. The Hall–Kier alpha value is -3.68. The third-order valence-corrected chi connectivity index (χ3v) is 5.85. The fourth-order valence-electron chi connectivity index (χ4n) is 4.32. The summed E-state index contributed by atoms with van der Waals surface area (Å²) in [5, 5.41) is 1.90. The van der Waals surface area contributed by atoms with Gasteiger partial charge in [-0.2, -0.15) is 0 Å². The Kier molecular flexibility index (Phi) is 6.41. The van der Waals surface area contributed by atoms with Crippen LogP contribution in [-0.2, 0) is 4.74 Å². The highest BCUT2D eigenvalue weighted by Crippen LogP contribution is 2.32. The van der Waals surface area contributed by atoms with Gasteiger partial charge in [0.05, 0.1) is 17.9 Å². The van der Waals surface area contributed by atoms with Gasteiger partial charge in [0.15, 0.2) is 0 Å². The molecule has 3 heterocycles. The van der Waals surface area contributed by atoms with Crippen molar-refractivity contribution in [2.24, 2.45) is 0 Å². The number of nitrogens with zero attached hydrogens (tertiary/aromatic N) is 4. The number of ether oxygens (including phenoxy) is 1. The van der Waals surface area contributed by atoms with Crippen LogP contribution in [0.3, 0.4) is 0 Å². The largest absolute Gasteiger partial charge is 0.444 e. The van der Waals surface area contributed by atoms with Gasteiger partial charge < -0.3 is 15.4 Å². The van der Waals surface area contributed by atoms with Crippen molar-refractivity contribution < 1.29 is 14.3 Å². The molecule has 0 bridgehead atoms. The number of amides is 2. The van der Waals surface area contributed by atoms with E-state index in [4.69, 9.17) is 10.5 Å². The number of rotatable bonds is 3. The summed E-state index contributed by atoms with van der Waals surface area (Å²) in [5.41, 5.74) is 6.97. The molecular formula is C26H31N5O3. The van der Waals surface area contributed by atoms with Gasteiger partial charge in [0, 0.05) is 24.7 Å². The van der Waals surface area contributed by atoms with E-state index >= 15 is 0 Å². The van der Waals surface area contributed by atoms with E-state index in [0.717, 1.165) is 29.2 Å². The molecule has 1 aromatic carbocycles. The molecule has 1 atom stereocenters. The predicted octanol–water partition coefficient (Wildman–Crippen LogP) is 4.57. The van der Waals surface area contributed by atoms with Crippen molar-refractivity contribution in [2.75, 3.05) is 23.7 Å². The topological polar surface area (TPSA) is 102 Å². The van der Waals surface area contributed by atoms with Gasteiger partial charge >= 0.3 is 6.09 Å². The lowest BCUT2D eigenvalue weighted by Crippen LogP contribution is -2.53. The Balaban J connectivity index is 1.77. The third kappa shape index (κ3) is 4.95. The number of nitrogens with two attached hydrogens (primary N) is 1. The van der Waals surface area contributed by atoms with Gasteiger partial charge in [-0.05, 0) is 69.7 Å². The molecule has 8 heteroatoms. The SMILES string of the molecule is Cc1cccc2ccnc(N(C(=O)c3ccc(N)cn3)[C@@H]3CCCN(C(=O)OC(C)(C)C)C3)c12. The molecule has 0 spiro atoms. The molecule has 2 aromatic heterocycles. The highest BCUT2D eigenvalue weighted by Gasteiger charge is 2.35. The molecule has 1 aliphatic heterocycles. The number of benzene rings is 1. The minimum absolute atomic E-state index is 0.274. The standard InChI is InChI=1S/C26H31N5O3/c1-17-7-5-8-18-12-13-28-23(22(17)18)31(24(32)21-11-10-19(27)15-29-21)20-9-6-14-30(16-20)25(33)34-26(2,3)4/h5,7-8,10-13,15,20H,6,9,14,16,27H2,1-4H3/t20-/m1/s1. The molecule has 0 saturated carbocycles. The first-order valence-electron chi connectivity index (χ1n) is 11.5. The molecule has 2 amide bonds. The molecule has 1 fully saturated rings. The zero-order valence-corrected chi connectivity index (χ0v) is 20.1. The van der Waals surface area contributed by atoms with Crippen LogP contribution in [0.4, 0.5) is 16.3 Å². The van der Waals surface area contributed by atoms with Gasteiger partial charge in [-0.3, -0.25) is 9.69 Å². The number of aryl methyl sites for hydroxylation is 1. The number of likely N-dealkylation sites (tertiary alicyclic amines) is 1. The number of pyridine rings is 2. The molecule has 0 unspecified atom stereocenters. The predicted molar refractivity (Wildman–Crippen MR) is 133 cm³/mol. The number of aromatic nitrogens is 2. The number of carbonyl (C=O) groups excluding carboxylic acids is 2. The summed E-state index contributed by atoms with van der Waals surface area (Å²) >= 11 is 0. The van der Waals surface area contributed by atoms with Gasteiger partial charge in [0.2, 0.25) is 0 Å². The number of piperidine rings is 1. The number of fused-ring (bicyclic) bond motifs is 1. The highest BCUT2D eigenvalue weighted by molar-refractivity contribution is 6.10. The summed E-state index contributed by atoms with van der Waals surface area (Å²) in [6.07, 6.45) is 4.28. The smallest absolute Gasteiger partial charge is 0.410 e. The third-order valence-electron chi connectivity index (χ3n) is 5.85. The zero-order chi connectivity index (χ0) is 24.5. The summed E-state index contributed by atoms with van der Waals surface area (Å²) in [7, 11) is 0. The van der Waals surface area contributed by atoms with Crippen LogP contribution < -0.4 is 10.6 Å². The molecular weight excluding hydrogens is 430 g/mol. The summed E-state index contributed by atoms with van der Waals surface area (Å²) in [6.45, 7) is 8.47. The Bertz CT molecular complexity index is 1200. The second kappa shape index (κ2) is 9.29. The van der Waals surface area contributed by atoms with Crippen LogP contribution in [0.1, 0.15) is 49.7 Å². The molecule has 1 aliphatic rings. The Morgan fingerprint density at radius 2 is 1.94 bits per heavy atom. The number of nitrogen functional groups attached to an aromatic ring is 1. The van der Waals surface area contributed by atoms with Crippen molar-refractivity contribution in [2.45, 2.75) is 52.2 Å². The Labute approximate surface area is 199 Å². The van der Waals surface area contributed by atoms with E-state index < -0.39 is 5.60 Å². The fraction of sp³-hybridized carbons (Fsp3) is 0.385. The van der Waals surface area contributed by atoms with Gasteiger partial charge in [-0.1, -0.05) is 18.2 Å². The van der Waals surface area contributed by atoms with Crippen LogP contribution in [0.25, 0.3) is 10.8 Å². The molecule has 4 rings (SSSR count). The fourth-order valence-corrected chi connectivity index (χ4v) is 4.32. The van der Waals surface area contributed by atoms with Crippen LogP contribution in [0.2, 0.25) is 0 Å². The van der Waals surface area contributed by atoms with Crippen LogP contribution in [0.15, 0.2) is 48.8 Å². The van der Waals surface area contributed by atoms with Crippen LogP contribution in [0, 0.1) is 6.92 Å². The Morgan fingerprint density at radius 3 is 2.65 bits per heavy atom. The van der Waals surface area contributed by atoms with Crippen molar-refractivity contribution in [1.82, 2.24) is 14.9 Å². The van der Waals surface area contributed by atoms with Gasteiger partial charge in [0.1, 0.15) is 17.1 Å². The van der Waals surface area contributed by atoms with E-state index in [0.29, 0.717) is 24.6 Å². The first-order chi connectivity index (χ1) is 16.1. The van der Waals surface area contributed by atoms with E-state index in [1.807, 2.05) is 52.0 Å². The first kappa shape index (κ1) is 23.5. The summed E-state index contributed by atoms with van der Waals surface area (Å²) in [4.78, 5) is 39.0. The lowest BCUT2D eigenvalue weighted by Gasteiger charge is -2.39. The molecule has 34 heavy (non-hydrogen) atoms. The number of hydrogen-bond donors (Lipinski definition) is 1. The minimum atomic E-state index is -0.596. The van der Waals surface area contributed by atoms with Crippen molar-refractivity contribution in [3.05, 3.63) is 60.0 Å². The number of hydrogen-bond acceptors (Lipinski definition) is 6. The summed E-state index contributed by atoms with van der Waals surface area (Å²) < 4.78 is 5.60. The van der Waals surface area contributed by atoms with Gasteiger partial charge in [0.25, 0.3) is 5.91 Å². The number of carbonyl (C=O) groups is 2. The monoisotopic (exact) mass is 461 g/mol. The van der Waals surface area contributed by atoms with Crippen molar-refractivity contribution in [1.29, 1.82) is 0 Å². The average Bonchev–Trinajstić information content (AvgIpc) is 2.79. The minimum Gasteiger partial charge on any atom is -0.444 e. The van der Waals surface area contributed by atoms with Crippen LogP contribution in [-0.4, -0.2) is 51.6 Å². The van der Waals surface area contributed by atoms with E-state index in [1.165, 1.54) is 6.20 Å². The van der Waals surface area contributed by atoms with E-state index in [1.54, 1.807) is 28.1 Å². The molecule has 8 nitrogen and oxygen atoms in total. The van der Waals surface area contributed by atoms with Crippen molar-refractivity contribution >= 4 is 34.3 Å². The average molecular weight is 462 g/mol. The van der Waals surface area contributed by atoms with Crippen LogP contribution in [0.5, 0.6) is 0 Å². The maximum Gasteiger partial charge on any atom is 0.410 e. The molecule has 178 valence electrons. The van der Waals surface area contributed by atoms with Gasteiger partial charge in [-0.25, -0.2) is 14.8 Å². The molecule has 3 aromatic rings. The molecule has 0 aliphatic carbocycles. The zero-order valence-electron chi connectivity index (χ0n) is 20.1. The quantitative estimate of drug-likeness (QED) is 0.613. The second-order valence-electron chi connectivity index (χ2n) is 9.68. The van der Waals surface area contributed by atoms with Crippen LogP contribution >= 0.6 is 0 Å². The lowest BCUT2D eigenvalue weighted by atomic mass is 10.0. The van der Waals surface area contributed by atoms with E-state index in [9.17, 15) is 9.59 Å². The maximum atomic E-state index is 13.9. The second-order valence-corrected chi connectivity index (χ2v) is 9.68. The van der Waals surface area contributed by atoms with E-state index in [-0.39, 0.29) is 23.7 Å². The number of anilines is 2. The first-order valence-corrected chi connectivity index (χ1v) is 11.5. The van der Waals surface area contributed by atoms with E-state index in [2.05, 4.69) is 9.97 Å². The normalized spacial score (nSPS) is 16.4. The molecule has 2 N–H and O–H groups in total.